The molecule has 0 bridgehead atoms. The minimum atomic E-state index is -0.978. The van der Waals surface area contributed by atoms with Crippen LogP contribution >= 0.6 is 0 Å². The summed E-state index contributed by atoms with van der Waals surface area (Å²) in [5.41, 5.74) is 1.84. The Morgan fingerprint density at radius 2 is 1.92 bits per heavy atom. The van der Waals surface area contributed by atoms with Gasteiger partial charge in [-0.1, -0.05) is 43.3 Å². The third-order valence-corrected chi connectivity index (χ3v) is 6.99. The van der Waals surface area contributed by atoms with Gasteiger partial charge < -0.3 is 10.1 Å². The molecule has 1 N–H and O–H groups in total. The standard InChI is InChI=1S/C29H34FN3O3/c1-4-5-13-26(31-3)36-18-27(34)33(24-11-8-10-22(30)17-24)28(25-12-7-6-9-19(25)2)29(35)32-23-15-20-14-21(20)16-23/h5-13,17,20-21,23,28H,4,14-16,18H2,1-3H3,(H,32,35)/b13-5-,31-26?. The first-order valence-electron chi connectivity index (χ1n) is 12.6. The highest BCUT2D eigenvalue weighted by molar-refractivity contribution is 6.03. The molecular formula is C29H34FN3O3. The topological polar surface area (TPSA) is 71.0 Å². The van der Waals surface area contributed by atoms with Gasteiger partial charge in [-0.25, -0.2) is 4.39 Å². The Balaban J connectivity index is 1.68. The maximum atomic E-state index is 14.3. The number of hydrogen-bond acceptors (Lipinski definition) is 4. The number of carbonyl (C=O) groups is 2. The summed E-state index contributed by atoms with van der Waals surface area (Å²) >= 11 is 0. The van der Waals surface area contributed by atoms with Crippen LogP contribution in [-0.4, -0.2) is 37.4 Å². The van der Waals surface area contributed by atoms with Gasteiger partial charge in [0, 0.05) is 18.8 Å². The Labute approximate surface area is 212 Å². The number of ether oxygens (including phenoxy) is 1. The first-order valence-corrected chi connectivity index (χ1v) is 12.6. The number of carbonyl (C=O) groups excluding carboxylic acids is 2. The molecule has 7 heteroatoms. The molecule has 2 fully saturated rings. The Hall–Kier alpha value is -3.48. The van der Waals surface area contributed by atoms with Gasteiger partial charge in [-0.05, 0) is 79.8 Å². The molecule has 2 aliphatic carbocycles. The summed E-state index contributed by atoms with van der Waals surface area (Å²) in [5.74, 6) is 0.473. The molecule has 0 spiro atoms. The lowest BCUT2D eigenvalue weighted by molar-refractivity contribution is -0.128. The zero-order valence-electron chi connectivity index (χ0n) is 21.1. The van der Waals surface area contributed by atoms with E-state index in [-0.39, 0.29) is 18.6 Å². The number of rotatable bonds is 9. The first kappa shape index (κ1) is 25.6. The van der Waals surface area contributed by atoms with Crippen LogP contribution in [0.5, 0.6) is 0 Å². The van der Waals surface area contributed by atoms with Gasteiger partial charge in [-0.2, -0.15) is 0 Å². The van der Waals surface area contributed by atoms with E-state index in [0.717, 1.165) is 24.8 Å². The van der Waals surface area contributed by atoms with E-state index in [1.165, 1.54) is 29.5 Å². The molecule has 2 aromatic rings. The van der Waals surface area contributed by atoms with Crippen LogP contribution in [0.25, 0.3) is 0 Å². The lowest BCUT2D eigenvalue weighted by atomic mass is 9.97. The Bertz CT molecular complexity index is 1150. The van der Waals surface area contributed by atoms with Crippen molar-refractivity contribution in [2.45, 2.75) is 51.6 Å². The number of amides is 2. The maximum Gasteiger partial charge on any atom is 0.265 e. The molecule has 190 valence electrons. The Morgan fingerprint density at radius 3 is 2.58 bits per heavy atom. The molecule has 36 heavy (non-hydrogen) atoms. The molecule has 4 rings (SSSR count). The zero-order chi connectivity index (χ0) is 25.7. The molecule has 2 aromatic carbocycles. The minimum Gasteiger partial charge on any atom is -0.468 e. The average Bonchev–Trinajstić information content (AvgIpc) is 3.48. The third kappa shape index (κ3) is 6.01. The average molecular weight is 492 g/mol. The molecule has 2 saturated carbocycles. The largest absolute Gasteiger partial charge is 0.468 e. The molecule has 3 atom stereocenters. The lowest BCUT2D eigenvalue weighted by Gasteiger charge is -2.33. The molecule has 0 heterocycles. The molecule has 0 saturated heterocycles. The van der Waals surface area contributed by atoms with Crippen molar-refractivity contribution in [2.75, 3.05) is 18.6 Å². The van der Waals surface area contributed by atoms with Crippen molar-refractivity contribution in [2.24, 2.45) is 16.8 Å². The van der Waals surface area contributed by atoms with Crippen molar-refractivity contribution in [1.82, 2.24) is 5.32 Å². The second-order valence-corrected chi connectivity index (χ2v) is 9.60. The number of fused-ring (bicyclic) bond motifs is 1. The molecule has 0 aliphatic heterocycles. The van der Waals surface area contributed by atoms with Gasteiger partial charge in [0.15, 0.2) is 6.61 Å². The smallest absolute Gasteiger partial charge is 0.265 e. The predicted molar refractivity (Wildman–Crippen MR) is 139 cm³/mol. The summed E-state index contributed by atoms with van der Waals surface area (Å²) in [6.07, 6.45) is 7.56. The van der Waals surface area contributed by atoms with E-state index < -0.39 is 17.8 Å². The second-order valence-electron chi connectivity index (χ2n) is 9.60. The van der Waals surface area contributed by atoms with Crippen LogP contribution in [0.4, 0.5) is 10.1 Å². The summed E-state index contributed by atoms with van der Waals surface area (Å²) in [6.45, 7) is 3.54. The van der Waals surface area contributed by atoms with Gasteiger partial charge in [-0.3, -0.25) is 19.5 Å². The normalized spacial score (nSPS) is 21.7. The summed E-state index contributed by atoms with van der Waals surface area (Å²) in [7, 11) is 1.58. The maximum absolute atomic E-state index is 14.3. The van der Waals surface area contributed by atoms with Crippen molar-refractivity contribution in [3.8, 4) is 0 Å². The number of nitrogens with zero attached hydrogens (tertiary/aromatic N) is 2. The van der Waals surface area contributed by atoms with Crippen molar-refractivity contribution < 1.29 is 18.7 Å². The number of nitrogens with one attached hydrogen (secondary N) is 1. The van der Waals surface area contributed by atoms with Crippen molar-refractivity contribution in [1.29, 1.82) is 0 Å². The fourth-order valence-electron chi connectivity index (χ4n) is 5.08. The lowest BCUT2D eigenvalue weighted by Crippen LogP contribution is -2.48. The van der Waals surface area contributed by atoms with Crippen LogP contribution in [0.15, 0.2) is 65.7 Å². The number of halogens is 1. The van der Waals surface area contributed by atoms with E-state index in [9.17, 15) is 14.0 Å². The predicted octanol–water partition coefficient (Wildman–Crippen LogP) is 5.13. The number of allylic oxidation sites excluding steroid dienone is 1. The van der Waals surface area contributed by atoms with Crippen LogP contribution in [0.2, 0.25) is 0 Å². The summed E-state index contributed by atoms with van der Waals surface area (Å²) < 4.78 is 20.0. The van der Waals surface area contributed by atoms with Crippen LogP contribution < -0.4 is 10.2 Å². The molecule has 0 aromatic heterocycles. The number of aryl methyl sites for hydroxylation is 1. The van der Waals surface area contributed by atoms with Crippen molar-refractivity contribution in [3.05, 3.63) is 77.6 Å². The number of hydrogen-bond donors (Lipinski definition) is 1. The highest BCUT2D eigenvalue weighted by Gasteiger charge is 2.47. The zero-order valence-corrected chi connectivity index (χ0v) is 21.1. The molecule has 6 nitrogen and oxygen atoms in total. The number of aliphatic imine (C=N–C) groups is 1. The van der Waals surface area contributed by atoms with E-state index in [2.05, 4.69) is 10.3 Å². The van der Waals surface area contributed by atoms with E-state index in [4.69, 9.17) is 4.74 Å². The van der Waals surface area contributed by atoms with E-state index in [1.54, 1.807) is 19.2 Å². The van der Waals surface area contributed by atoms with Gasteiger partial charge >= 0.3 is 0 Å². The molecule has 0 radical (unpaired) electrons. The van der Waals surface area contributed by atoms with Crippen LogP contribution in [0, 0.1) is 24.6 Å². The highest BCUT2D eigenvalue weighted by Crippen LogP contribution is 2.51. The first-order chi connectivity index (χ1) is 17.4. The van der Waals surface area contributed by atoms with Gasteiger partial charge in [0.2, 0.25) is 11.8 Å². The third-order valence-electron chi connectivity index (χ3n) is 6.99. The van der Waals surface area contributed by atoms with Crippen LogP contribution in [0.3, 0.4) is 0 Å². The molecule has 2 amide bonds. The number of anilines is 1. The minimum absolute atomic E-state index is 0.0893. The summed E-state index contributed by atoms with van der Waals surface area (Å²) in [4.78, 5) is 33.0. The molecule has 3 unspecified atom stereocenters. The van der Waals surface area contributed by atoms with Crippen molar-refractivity contribution >= 4 is 23.4 Å². The monoisotopic (exact) mass is 491 g/mol. The van der Waals surface area contributed by atoms with Gasteiger partial charge in [0.05, 0.1) is 0 Å². The van der Waals surface area contributed by atoms with E-state index in [1.807, 2.05) is 44.2 Å². The fraction of sp³-hybridized carbons (Fsp3) is 0.414. The Kier molecular flexibility index (Phi) is 8.18. The van der Waals surface area contributed by atoms with Crippen LogP contribution in [0.1, 0.15) is 49.8 Å². The van der Waals surface area contributed by atoms with Crippen molar-refractivity contribution in [3.63, 3.8) is 0 Å². The van der Waals surface area contributed by atoms with Gasteiger partial charge in [0.1, 0.15) is 11.9 Å². The van der Waals surface area contributed by atoms with Gasteiger partial charge in [-0.15, -0.1) is 0 Å². The second kappa shape index (κ2) is 11.5. The quantitative estimate of drug-likeness (QED) is 0.390. The SMILES string of the molecule is CC/C=C\C(=NC)OCC(=O)N(c1cccc(F)c1)C(C(=O)NC1CC2CC2C1)c1ccccc1C. The van der Waals surface area contributed by atoms with Crippen LogP contribution in [-0.2, 0) is 14.3 Å². The van der Waals surface area contributed by atoms with Gasteiger partial charge in [0.25, 0.3) is 5.91 Å². The molecular weight excluding hydrogens is 457 g/mol. The van der Waals surface area contributed by atoms with E-state index in [0.29, 0.717) is 29.0 Å². The number of benzene rings is 2. The Morgan fingerprint density at radius 1 is 1.17 bits per heavy atom. The highest BCUT2D eigenvalue weighted by atomic mass is 19.1. The summed E-state index contributed by atoms with van der Waals surface area (Å²) in [5, 5.41) is 3.19. The summed E-state index contributed by atoms with van der Waals surface area (Å²) in [6, 6.07) is 12.3. The molecule has 2 aliphatic rings. The fourth-order valence-corrected chi connectivity index (χ4v) is 5.08. The van der Waals surface area contributed by atoms with E-state index >= 15 is 0 Å².